The number of likely N-dealkylation sites (tertiary alicyclic amines) is 1. The van der Waals surface area contributed by atoms with Crippen LogP contribution < -0.4 is 10.6 Å². The molecule has 3 N–H and O–H groups in total. The molecule has 8 heteroatoms. The van der Waals surface area contributed by atoms with Crippen LogP contribution in [0.1, 0.15) is 41.6 Å². The Labute approximate surface area is 220 Å². The van der Waals surface area contributed by atoms with Crippen LogP contribution >= 0.6 is 11.6 Å². The maximum Gasteiger partial charge on any atom is 0.251 e. The third kappa shape index (κ3) is 5.33. The van der Waals surface area contributed by atoms with Gasteiger partial charge in [-0.05, 0) is 80.6 Å². The first-order valence-corrected chi connectivity index (χ1v) is 13.4. The summed E-state index contributed by atoms with van der Waals surface area (Å²) >= 11 is 5.99. The number of benzene rings is 2. The summed E-state index contributed by atoms with van der Waals surface area (Å²) in [5.74, 6) is 1.08. The van der Waals surface area contributed by atoms with E-state index in [1.165, 1.54) is 5.56 Å². The van der Waals surface area contributed by atoms with Gasteiger partial charge in [0.2, 0.25) is 5.91 Å². The number of rotatable bonds is 7. The molecule has 2 aliphatic rings. The summed E-state index contributed by atoms with van der Waals surface area (Å²) in [6.07, 6.45) is 5.72. The Hall–Kier alpha value is -3.42. The van der Waals surface area contributed by atoms with Crippen molar-refractivity contribution in [1.82, 2.24) is 20.2 Å². The van der Waals surface area contributed by atoms with Gasteiger partial charge in [-0.25, -0.2) is 4.98 Å². The summed E-state index contributed by atoms with van der Waals surface area (Å²) in [5.41, 5.74) is 3.54. The highest BCUT2D eigenvalue weighted by molar-refractivity contribution is 6.30. The molecule has 1 aliphatic carbocycles. The van der Waals surface area contributed by atoms with Crippen molar-refractivity contribution < 1.29 is 9.59 Å². The number of fused-ring (bicyclic) bond motifs is 3. The fourth-order valence-corrected chi connectivity index (χ4v) is 5.29. The smallest absolute Gasteiger partial charge is 0.251 e. The van der Waals surface area contributed by atoms with Gasteiger partial charge in [-0.15, -0.1) is 0 Å². The highest BCUT2D eigenvalue weighted by Gasteiger charge is 2.30. The molecule has 2 amide bonds. The van der Waals surface area contributed by atoms with Gasteiger partial charge in [0, 0.05) is 52.1 Å². The number of nitrogens with zero attached hydrogens (tertiary/aromatic N) is 2. The van der Waals surface area contributed by atoms with Crippen molar-refractivity contribution in [3.8, 4) is 0 Å². The van der Waals surface area contributed by atoms with Crippen LogP contribution in [0.25, 0.3) is 21.8 Å². The molecule has 2 fully saturated rings. The molecular weight excluding hydrogens is 486 g/mol. The van der Waals surface area contributed by atoms with Crippen molar-refractivity contribution in [2.24, 2.45) is 11.8 Å². The van der Waals surface area contributed by atoms with E-state index in [4.69, 9.17) is 11.6 Å². The van der Waals surface area contributed by atoms with Gasteiger partial charge in [0.05, 0.1) is 5.52 Å². The molecule has 1 saturated carbocycles. The van der Waals surface area contributed by atoms with Gasteiger partial charge in [-0.2, -0.15) is 0 Å². The molecule has 7 nitrogen and oxygen atoms in total. The number of pyridine rings is 1. The fraction of sp³-hybridized carbons (Fsp3) is 0.345. The molecule has 4 aromatic rings. The molecular formula is C29H30ClN5O2. The van der Waals surface area contributed by atoms with Crippen LogP contribution in [0.5, 0.6) is 0 Å². The first-order valence-electron chi connectivity index (χ1n) is 13.0. The van der Waals surface area contributed by atoms with E-state index in [1.807, 2.05) is 36.4 Å². The monoisotopic (exact) mass is 515 g/mol. The van der Waals surface area contributed by atoms with Crippen LogP contribution in [-0.4, -0.2) is 46.3 Å². The minimum absolute atomic E-state index is 0.0227. The quantitative estimate of drug-likeness (QED) is 0.309. The van der Waals surface area contributed by atoms with Gasteiger partial charge in [-0.1, -0.05) is 29.8 Å². The number of halogens is 1. The number of piperidine rings is 1. The lowest BCUT2D eigenvalue weighted by Crippen LogP contribution is -2.38. The summed E-state index contributed by atoms with van der Waals surface area (Å²) in [5, 5.41) is 8.84. The predicted molar refractivity (Wildman–Crippen MR) is 147 cm³/mol. The molecule has 1 saturated heterocycles. The second kappa shape index (κ2) is 10.1. The Balaban J connectivity index is 1.07. The number of H-pyrrole nitrogens is 1. The van der Waals surface area contributed by atoms with Crippen molar-refractivity contribution >= 4 is 51.0 Å². The molecule has 0 radical (unpaired) electrons. The molecule has 3 heterocycles. The standard InChI is InChI=1S/C29H30ClN5O2/c30-22-6-1-19(2-7-22)17-35-13-10-18(11-14-35)16-32-28(36)21-5-8-23-24-9-12-31-27(26(24)33-25(23)15-21)34-29(37)20-3-4-20/h1-2,5-9,12,15,18,20,33H,3-4,10-11,13-14,16-17H2,(H,32,36)(H,31,34,37). The van der Waals surface area contributed by atoms with E-state index in [0.717, 1.165) is 72.1 Å². The average molecular weight is 516 g/mol. The lowest BCUT2D eigenvalue weighted by atomic mass is 9.96. The van der Waals surface area contributed by atoms with E-state index in [9.17, 15) is 9.59 Å². The molecule has 0 atom stereocenters. The van der Waals surface area contributed by atoms with Crippen LogP contribution in [0.3, 0.4) is 0 Å². The number of aromatic amines is 1. The lowest BCUT2D eigenvalue weighted by Gasteiger charge is -2.32. The third-order valence-corrected chi connectivity index (χ3v) is 7.80. The van der Waals surface area contributed by atoms with E-state index >= 15 is 0 Å². The maximum atomic E-state index is 13.0. The summed E-state index contributed by atoms with van der Waals surface area (Å²) in [6, 6.07) is 15.7. The van der Waals surface area contributed by atoms with Crippen LogP contribution in [-0.2, 0) is 11.3 Å². The zero-order valence-corrected chi connectivity index (χ0v) is 21.4. The predicted octanol–water partition coefficient (Wildman–Crippen LogP) is 5.36. The molecule has 0 unspecified atom stereocenters. The van der Waals surface area contributed by atoms with Crippen molar-refractivity contribution in [3.05, 3.63) is 70.9 Å². The SMILES string of the molecule is O=C(NCC1CCN(Cc2ccc(Cl)cc2)CC1)c1ccc2c(c1)[nH]c1c(NC(=O)C3CC3)nccc12. The summed E-state index contributed by atoms with van der Waals surface area (Å²) in [7, 11) is 0. The van der Waals surface area contributed by atoms with Crippen LogP contribution in [0.4, 0.5) is 5.82 Å². The average Bonchev–Trinajstić information content (AvgIpc) is 3.70. The molecule has 190 valence electrons. The van der Waals surface area contributed by atoms with Gasteiger partial charge in [0.15, 0.2) is 5.82 Å². The van der Waals surface area contributed by atoms with Crippen molar-refractivity contribution in [2.45, 2.75) is 32.2 Å². The zero-order chi connectivity index (χ0) is 25.4. The Bertz CT molecular complexity index is 1450. The molecule has 6 rings (SSSR count). The number of anilines is 1. The Morgan fingerprint density at radius 2 is 1.78 bits per heavy atom. The molecule has 0 bridgehead atoms. The van der Waals surface area contributed by atoms with Gasteiger partial charge in [-0.3, -0.25) is 14.5 Å². The highest BCUT2D eigenvalue weighted by Crippen LogP contribution is 2.33. The minimum atomic E-state index is -0.0652. The van der Waals surface area contributed by atoms with E-state index in [1.54, 1.807) is 6.20 Å². The first kappa shape index (κ1) is 23.9. The van der Waals surface area contributed by atoms with Crippen LogP contribution in [0.15, 0.2) is 54.7 Å². The third-order valence-electron chi connectivity index (χ3n) is 7.55. The van der Waals surface area contributed by atoms with Crippen molar-refractivity contribution in [2.75, 3.05) is 25.0 Å². The largest absolute Gasteiger partial charge is 0.352 e. The summed E-state index contributed by atoms with van der Waals surface area (Å²) in [4.78, 5) is 35.4. The van der Waals surface area contributed by atoms with Crippen molar-refractivity contribution in [1.29, 1.82) is 0 Å². The molecule has 1 aliphatic heterocycles. The van der Waals surface area contributed by atoms with Gasteiger partial charge < -0.3 is 15.6 Å². The number of carbonyl (C=O) groups excluding carboxylic acids is 2. The van der Waals surface area contributed by atoms with E-state index in [-0.39, 0.29) is 17.7 Å². The number of hydrogen-bond donors (Lipinski definition) is 3. The van der Waals surface area contributed by atoms with E-state index < -0.39 is 0 Å². The maximum absolute atomic E-state index is 13.0. The van der Waals surface area contributed by atoms with Gasteiger partial charge in [0.1, 0.15) is 0 Å². The number of amides is 2. The van der Waals surface area contributed by atoms with Crippen LogP contribution in [0.2, 0.25) is 5.02 Å². The number of aromatic nitrogens is 2. The Morgan fingerprint density at radius 1 is 1.00 bits per heavy atom. The lowest BCUT2D eigenvalue weighted by molar-refractivity contribution is -0.117. The molecule has 2 aromatic carbocycles. The van der Waals surface area contributed by atoms with Gasteiger partial charge >= 0.3 is 0 Å². The Kier molecular flexibility index (Phi) is 6.57. The molecule has 37 heavy (non-hydrogen) atoms. The van der Waals surface area contributed by atoms with E-state index in [0.29, 0.717) is 23.8 Å². The second-order valence-electron chi connectivity index (χ2n) is 10.3. The topological polar surface area (TPSA) is 90.1 Å². The zero-order valence-electron chi connectivity index (χ0n) is 20.6. The normalized spacial score (nSPS) is 16.8. The van der Waals surface area contributed by atoms with Crippen LogP contribution in [0, 0.1) is 11.8 Å². The molecule has 2 aromatic heterocycles. The fourth-order valence-electron chi connectivity index (χ4n) is 5.17. The Morgan fingerprint density at radius 3 is 2.54 bits per heavy atom. The minimum Gasteiger partial charge on any atom is -0.352 e. The van der Waals surface area contributed by atoms with E-state index in [2.05, 4.69) is 37.6 Å². The highest BCUT2D eigenvalue weighted by atomic mass is 35.5. The van der Waals surface area contributed by atoms with Crippen molar-refractivity contribution in [3.63, 3.8) is 0 Å². The number of carbonyl (C=O) groups is 2. The summed E-state index contributed by atoms with van der Waals surface area (Å²) < 4.78 is 0. The first-order chi connectivity index (χ1) is 18.0. The van der Waals surface area contributed by atoms with Gasteiger partial charge in [0.25, 0.3) is 5.91 Å². The number of nitrogens with one attached hydrogen (secondary N) is 3. The second-order valence-corrected chi connectivity index (χ2v) is 10.7. The number of hydrogen-bond acceptors (Lipinski definition) is 4. The molecule has 0 spiro atoms. The summed E-state index contributed by atoms with van der Waals surface area (Å²) in [6.45, 7) is 3.66.